The van der Waals surface area contributed by atoms with E-state index >= 15 is 4.79 Å². The van der Waals surface area contributed by atoms with Crippen LogP contribution in [0.15, 0.2) is 128 Å². The lowest BCUT2D eigenvalue weighted by Crippen LogP contribution is -2.41. The number of para-hydroxylation sites is 8. The highest BCUT2D eigenvalue weighted by Gasteiger charge is 2.61. The summed E-state index contributed by atoms with van der Waals surface area (Å²) < 4.78 is 48.0. The highest BCUT2D eigenvalue weighted by atomic mass is 31.2. The van der Waals surface area contributed by atoms with E-state index in [9.17, 15) is 0 Å². The number of amides is 1. The number of anilines is 1. The van der Waals surface area contributed by atoms with Crippen molar-refractivity contribution in [2.24, 2.45) is 0 Å². The van der Waals surface area contributed by atoms with E-state index in [1.807, 2.05) is 132 Å². The van der Waals surface area contributed by atoms with E-state index in [1.165, 1.54) is 0 Å². The van der Waals surface area contributed by atoms with E-state index in [1.54, 1.807) is 4.67 Å². The third kappa shape index (κ3) is 4.03. The fourth-order valence-corrected chi connectivity index (χ4v) is 10.3. The van der Waals surface area contributed by atoms with Gasteiger partial charge in [0.15, 0.2) is 34.5 Å². The van der Waals surface area contributed by atoms with Crippen LogP contribution in [-0.2, 0) is 14.9 Å². The van der Waals surface area contributed by atoms with E-state index < -0.39 is 37.2 Å². The van der Waals surface area contributed by atoms with Crippen molar-refractivity contribution in [2.75, 3.05) is 4.67 Å². The third-order valence-corrected chi connectivity index (χ3v) is 12.2. The second-order valence-electron chi connectivity index (χ2n) is 10.9. The summed E-state index contributed by atoms with van der Waals surface area (Å²) in [6, 6.07) is 37.6. The standard InChI is InChI=1S/C34H21N2O8P3/c37-33-34(44-47-42-31-19-9-10-20-32(31)43-47,23-12-2-4-14-26(23)36(33)46-40-29-17-7-8-18-30(29)41-46)24-21-35(25-13-3-1-11-22(24)25)45-38-27-15-5-6-16-28(27)39-45/h1-21H. The number of nitrogens with zero attached hydrogens (tertiary/aromatic N) is 2. The zero-order chi connectivity index (χ0) is 31.1. The molecule has 5 heterocycles. The fourth-order valence-electron chi connectivity index (χ4n) is 6.14. The van der Waals surface area contributed by atoms with Crippen molar-refractivity contribution in [3.8, 4) is 34.5 Å². The topological polar surface area (TPSA) is 89.9 Å². The largest absolute Gasteiger partial charge is 0.465 e. The first kappa shape index (κ1) is 27.3. The van der Waals surface area contributed by atoms with Gasteiger partial charge >= 0.3 is 25.7 Å². The number of carbonyl (C=O) groups excluding carboxylic acids is 1. The molecule has 0 fully saturated rings. The zero-order valence-corrected chi connectivity index (χ0v) is 26.8. The van der Waals surface area contributed by atoms with Gasteiger partial charge in [0.2, 0.25) is 5.60 Å². The molecular formula is C34H21N2O8P3. The van der Waals surface area contributed by atoms with Crippen LogP contribution in [-0.4, -0.2) is 10.2 Å². The molecule has 4 aliphatic heterocycles. The van der Waals surface area contributed by atoms with E-state index in [4.69, 9.17) is 31.7 Å². The van der Waals surface area contributed by atoms with Gasteiger partial charge < -0.3 is 27.1 Å². The Morgan fingerprint density at radius 3 is 1.64 bits per heavy atom. The van der Waals surface area contributed by atoms with E-state index in [0.717, 1.165) is 10.9 Å². The van der Waals surface area contributed by atoms with Gasteiger partial charge in [0.25, 0.3) is 5.91 Å². The molecule has 6 aromatic rings. The summed E-state index contributed by atoms with van der Waals surface area (Å²) in [5, 5.41) is 0.777. The molecule has 1 aromatic heterocycles. The monoisotopic (exact) mass is 678 g/mol. The number of rotatable bonds is 5. The highest BCUT2D eigenvalue weighted by Crippen LogP contribution is 2.66. The molecule has 0 radical (unpaired) electrons. The molecule has 1 amide bonds. The SMILES string of the molecule is O=C1N(P2Oc3ccccc3O2)c2ccccc2C1(OP1Oc2ccccc2O1)c1cn(P2Oc3ccccc3O2)c2ccccc12. The summed E-state index contributed by atoms with van der Waals surface area (Å²) >= 11 is 0. The average molecular weight is 678 g/mol. The van der Waals surface area contributed by atoms with Gasteiger partial charge in [-0.2, -0.15) is 0 Å². The summed E-state index contributed by atoms with van der Waals surface area (Å²) in [6.07, 6.45) is 1.89. The maximum Gasteiger partial charge on any atom is 0.465 e. The van der Waals surface area contributed by atoms with Crippen LogP contribution >= 0.6 is 25.7 Å². The number of aromatic nitrogens is 1. The molecule has 13 heteroatoms. The van der Waals surface area contributed by atoms with Gasteiger partial charge in [0.1, 0.15) is 0 Å². The summed E-state index contributed by atoms with van der Waals surface area (Å²) in [5.74, 6) is 3.15. The molecule has 0 N–H and O–H groups in total. The van der Waals surface area contributed by atoms with E-state index in [2.05, 4.69) is 0 Å². The van der Waals surface area contributed by atoms with Gasteiger partial charge in [-0.25, -0.2) is 4.67 Å². The summed E-state index contributed by atoms with van der Waals surface area (Å²) in [6.45, 7) is 0. The number of hydrogen-bond acceptors (Lipinski definition) is 8. The lowest BCUT2D eigenvalue weighted by atomic mass is 9.87. The maximum atomic E-state index is 15.3. The molecule has 0 saturated carbocycles. The Morgan fingerprint density at radius 2 is 1.02 bits per heavy atom. The summed E-state index contributed by atoms with van der Waals surface area (Å²) in [4.78, 5) is 15.3. The second-order valence-corrected chi connectivity index (χ2v) is 14.4. The molecule has 0 saturated heterocycles. The van der Waals surface area contributed by atoms with Gasteiger partial charge in [-0.3, -0.25) is 13.7 Å². The first-order chi connectivity index (χ1) is 23.2. The first-order valence-corrected chi connectivity index (χ1v) is 18.0. The quantitative estimate of drug-likeness (QED) is 0.167. The Morgan fingerprint density at radius 1 is 0.532 bits per heavy atom. The minimum atomic E-state index is -2.07. The minimum absolute atomic E-state index is 0.393. The van der Waals surface area contributed by atoms with Crippen molar-refractivity contribution in [3.05, 3.63) is 139 Å². The molecule has 10 rings (SSSR count). The molecule has 0 bridgehead atoms. The molecule has 47 heavy (non-hydrogen) atoms. The van der Waals surface area contributed by atoms with Gasteiger partial charge in [0, 0.05) is 22.7 Å². The molecule has 1 unspecified atom stereocenters. The van der Waals surface area contributed by atoms with E-state index in [0.29, 0.717) is 51.3 Å². The number of fused-ring (bicyclic) bond motifs is 5. The maximum absolute atomic E-state index is 15.3. The molecule has 4 aliphatic rings. The number of benzene rings is 5. The first-order valence-electron chi connectivity index (χ1n) is 14.7. The van der Waals surface area contributed by atoms with Gasteiger partial charge in [-0.1, -0.05) is 72.8 Å². The van der Waals surface area contributed by atoms with E-state index in [-0.39, 0.29) is 0 Å². The highest BCUT2D eigenvalue weighted by molar-refractivity contribution is 7.51. The number of carbonyl (C=O) groups is 1. The molecule has 0 spiro atoms. The molecule has 0 aliphatic carbocycles. The van der Waals surface area contributed by atoms with Crippen molar-refractivity contribution >= 4 is 48.2 Å². The Kier molecular flexibility index (Phi) is 6.00. The Hall–Kier alpha value is -4.84. The molecule has 230 valence electrons. The number of hydrogen-bond donors (Lipinski definition) is 0. The van der Waals surface area contributed by atoms with Crippen LogP contribution < -0.4 is 31.8 Å². The normalized spacial score (nSPS) is 19.6. The van der Waals surface area contributed by atoms with Crippen LogP contribution in [0.5, 0.6) is 34.5 Å². The molecular weight excluding hydrogens is 657 g/mol. The Labute approximate surface area is 271 Å². The van der Waals surface area contributed by atoms with Crippen molar-refractivity contribution in [2.45, 2.75) is 5.60 Å². The van der Waals surface area contributed by atoms with Gasteiger partial charge in [-0.15, -0.1) is 0 Å². The van der Waals surface area contributed by atoms with Crippen molar-refractivity contribution in [1.82, 2.24) is 4.34 Å². The summed E-state index contributed by atoms with van der Waals surface area (Å²) in [5.41, 5.74) is 0.876. The average Bonchev–Trinajstić information content (AvgIpc) is 3.92. The molecule has 1 atom stereocenters. The van der Waals surface area contributed by atoms with Gasteiger partial charge in [0.05, 0.1) is 11.2 Å². The summed E-state index contributed by atoms with van der Waals surface area (Å²) in [7, 11) is -5.61. The van der Waals surface area contributed by atoms with Crippen LogP contribution in [0.2, 0.25) is 0 Å². The predicted octanol–water partition coefficient (Wildman–Crippen LogP) is 9.19. The minimum Gasteiger partial charge on any atom is -0.419 e. The lowest BCUT2D eigenvalue weighted by molar-refractivity contribution is -0.129. The fraction of sp³-hybridized carbons (Fsp3) is 0.0294. The van der Waals surface area contributed by atoms with Gasteiger partial charge in [-0.05, 0) is 48.5 Å². The van der Waals surface area contributed by atoms with Crippen molar-refractivity contribution in [3.63, 3.8) is 0 Å². The van der Waals surface area contributed by atoms with Crippen LogP contribution in [0, 0.1) is 0 Å². The van der Waals surface area contributed by atoms with Crippen molar-refractivity contribution < 1.29 is 36.5 Å². The smallest absolute Gasteiger partial charge is 0.419 e. The zero-order valence-electron chi connectivity index (χ0n) is 24.1. The second kappa shape index (κ2) is 10.3. The Bertz CT molecular complexity index is 2170. The molecule has 5 aromatic carbocycles. The van der Waals surface area contributed by atoms with Crippen LogP contribution in [0.1, 0.15) is 11.1 Å². The predicted molar refractivity (Wildman–Crippen MR) is 177 cm³/mol. The Balaban J connectivity index is 1.15. The lowest BCUT2D eigenvalue weighted by Gasteiger charge is -2.29. The third-order valence-electron chi connectivity index (χ3n) is 8.23. The van der Waals surface area contributed by atoms with Crippen LogP contribution in [0.4, 0.5) is 5.69 Å². The van der Waals surface area contributed by atoms with Crippen LogP contribution in [0.3, 0.4) is 0 Å². The van der Waals surface area contributed by atoms with Crippen molar-refractivity contribution in [1.29, 1.82) is 0 Å². The van der Waals surface area contributed by atoms with Crippen LogP contribution in [0.25, 0.3) is 10.9 Å². The molecule has 10 nitrogen and oxygen atoms in total.